The molecule has 0 bridgehead atoms. The largest absolute Gasteiger partial charge is 0.487 e. The van der Waals surface area contributed by atoms with Crippen LogP contribution in [0.15, 0.2) is 42.6 Å². The zero-order valence-electron chi connectivity index (χ0n) is 20.2. The molecule has 3 aromatic heterocycles. The first kappa shape index (κ1) is 25.3. The number of halogens is 4. The highest BCUT2D eigenvalue weighted by atomic mass is 19.4. The van der Waals surface area contributed by atoms with E-state index in [1.165, 1.54) is 53.6 Å². The number of hydrogen-bond acceptors (Lipinski definition) is 7. The van der Waals surface area contributed by atoms with E-state index in [4.69, 9.17) is 10.5 Å². The number of hydrogen-bond donors (Lipinski definition) is 2. The molecule has 1 aromatic carbocycles. The van der Waals surface area contributed by atoms with Crippen LogP contribution in [-0.4, -0.2) is 67.1 Å². The van der Waals surface area contributed by atoms with E-state index in [-0.39, 0.29) is 42.9 Å². The number of aliphatic hydroxyl groups is 1. The van der Waals surface area contributed by atoms with Crippen molar-refractivity contribution < 1.29 is 27.4 Å². The molecule has 1 aliphatic rings. The Balaban J connectivity index is 1.54. The van der Waals surface area contributed by atoms with Crippen LogP contribution in [0.5, 0.6) is 5.75 Å². The number of nitrogens with zero attached hydrogens (tertiary/aromatic N) is 5. The minimum absolute atomic E-state index is 0.0420. The minimum atomic E-state index is -4.50. The molecule has 4 aromatic rings. The van der Waals surface area contributed by atoms with Crippen LogP contribution < -0.4 is 10.5 Å². The number of rotatable bonds is 6. The lowest BCUT2D eigenvalue weighted by molar-refractivity contribution is -0.183. The van der Waals surface area contributed by atoms with Gasteiger partial charge in [-0.3, -0.25) is 9.30 Å². The van der Waals surface area contributed by atoms with Crippen molar-refractivity contribution in [3.8, 4) is 17.3 Å². The SMILES string of the molecule is CC(C)(O)COc1cc2nc(-c3nnc4ccc([C@@H](N5CCC(N)C5)C(F)(F)F)cn34)ccc2cc1F. The Hall–Kier alpha value is -3.35. The second-order valence-corrected chi connectivity index (χ2v) is 9.98. The van der Waals surface area contributed by atoms with Crippen LogP contribution >= 0.6 is 0 Å². The van der Waals surface area contributed by atoms with Gasteiger partial charge >= 0.3 is 6.18 Å². The van der Waals surface area contributed by atoms with Gasteiger partial charge in [-0.1, -0.05) is 12.1 Å². The van der Waals surface area contributed by atoms with Gasteiger partial charge in [0.2, 0.25) is 0 Å². The third-order valence-corrected chi connectivity index (χ3v) is 6.23. The molecule has 1 unspecified atom stereocenters. The van der Waals surface area contributed by atoms with Crippen LogP contribution in [0.2, 0.25) is 0 Å². The van der Waals surface area contributed by atoms with Crippen molar-refractivity contribution in [2.45, 2.75) is 44.1 Å². The molecule has 0 aliphatic carbocycles. The van der Waals surface area contributed by atoms with Crippen molar-refractivity contribution >= 4 is 16.6 Å². The van der Waals surface area contributed by atoms with Gasteiger partial charge in [-0.05, 0) is 44.0 Å². The van der Waals surface area contributed by atoms with E-state index < -0.39 is 23.6 Å². The summed E-state index contributed by atoms with van der Waals surface area (Å²) in [4.78, 5) is 5.88. The van der Waals surface area contributed by atoms with Gasteiger partial charge in [-0.25, -0.2) is 9.37 Å². The average molecular weight is 519 g/mol. The van der Waals surface area contributed by atoms with Gasteiger partial charge < -0.3 is 15.6 Å². The standard InChI is InChI=1S/C25H26F4N6O2/c1-24(2,36)13-37-20-10-19-14(9-17(20)26)3-5-18(31-19)23-33-32-21-6-4-15(11-35(21)23)22(25(27,28)29)34-8-7-16(30)12-34/h3-6,9-11,16,22,36H,7-8,12-13,30H2,1-2H3/t16?,22-/m1/s1. The van der Waals surface area contributed by atoms with E-state index in [2.05, 4.69) is 15.2 Å². The van der Waals surface area contributed by atoms with E-state index in [9.17, 15) is 22.7 Å². The first-order valence-corrected chi connectivity index (χ1v) is 11.8. The first-order valence-electron chi connectivity index (χ1n) is 11.8. The summed E-state index contributed by atoms with van der Waals surface area (Å²) in [5.41, 5.74) is 5.83. The predicted molar refractivity (Wildman–Crippen MR) is 128 cm³/mol. The summed E-state index contributed by atoms with van der Waals surface area (Å²) in [6.07, 6.45) is -2.63. The Bertz CT molecular complexity index is 1450. The number of nitrogens with two attached hydrogens (primary N) is 1. The summed E-state index contributed by atoms with van der Waals surface area (Å²) in [5, 5.41) is 18.6. The number of likely N-dealkylation sites (tertiary alicyclic amines) is 1. The second kappa shape index (κ2) is 9.19. The Morgan fingerprint density at radius 3 is 2.62 bits per heavy atom. The third-order valence-electron chi connectivity index (χ3n) is 6.23. The fourth-order valence-corrected chi connectivity index (χ4v) is 4.51. The summed E-state index contributed by atoms with van der Waals surface area (Å²) in [7, 11) is 0. The number of benzene rings is 1. The zero-order valence-corrected chi connectivity index (χ0v) is 20.2. The Morgan fingerprint density at radius 2 is 1.95 bits per heavy atom. The Morgan fingerprint density at radius 1 is 1.16 bits per heavy atom. The summed E-state index contributed by atoms with van der Waals surface area (Å²) in [5.74, 6) is -0.450. The lowest BCUT2D eigenvalue weighted by Crippen LogP contribution is -2.38. The summed E-state index contributed by atoms with van der Waals surface area (Å²) in [6, 6.07) is 6.68. The molecule has 1 fully saturated rings. The number of fused-ring (bicyclic) bond motifs is 2. The normalized spacial score (nSPS) is 18.1. The smallest absolute Gasteiger partial charge is 0.408 e. The van der Waals surface area contributed by atoms with E-state index in [1.807, 2.05) is 0 Å². The maximum atomic E-state index is 14.5. The van der Waals surface area contributed by atoms with Crippen molar-refractivity contribution in [2.24, 2.45) is 5.73 Å². The van der Waals surface area contributed by atoms with Crippen LogP contribution in [0.3, 0.4) is 0 Å². The number of ether oxygens (including phenoxy) is 1. The molecule has 2 atom stereocenters. The Kier molecular flexibility index (Phi) is 6.29. The molecular formula is C25H26F4N6O2. The fraction of sp³-hybridized carbons (Fsp3) is 0.400. The monoisotopic (exact) mass is 518 g/mol. The van der Waals surface area contributed by atoms with Crippen LogP contribution in [0.1, 0.15) is 31.9 Å². The highest BCUT2D eigenvalue weighted by Gasteiger charge is 2.46. The molecule has 0 amide bonds. The summed E-state index contributed by atoms with van der Waals surface area (Å²) >= 11 is 0. The van der Waals surface area contributed by atoms with Gasteiger partial charge in [0, 0.05) is 36.8 Å². The molecular weight excluding hydrogens is 492 g/mol. The van der Waals surface area contributed by atoms with Crippen molar-refractivity contribution in [1.29, 1.82) is 0 Å². The van der Waals surface area contributed by atoms with Crippen molar-refractivity contribution in [2.75, 3.05) is 19.7 Å². The van der Waals surface area contributed by atoms with Crippen LogP contribution in [0, 0.1) is 5.82 Å². The van der Waals surface area contributed by atoms with Crippen molar-refractivity contribution in [3.05, 3.63) is 54.0 Å². The van der Waals surface area contributed by atoms with Gasteiger partial charge in [0.15, 0.2) is 23.0 Å². The van der Waals surface area contributed by atoms with E-state index in [0.29, 0.717) is 28.7 Å². The van der Waals surface area contributed by atoms with Crippen LogP contribution in [0.4, 0.5) is 17.6 Å². The topological polar surface area (TPSA) is 102 Å². The van der Waals surface area contributed by atoms with Gasteiger partial charge in [-0.2, -0.15) is 13.2 Å². The molecule has 1 aliphatic heterocycles. The van der Waals surface area contributed by atoms with Gasteiger partial charge in [0.25, 0.3) is 0 Å². The molecule has 196 valence electrons. The lowest BCUT2D eigenvalue weighted by Gasteiger charge is -2.30. The summed E-state index contributed by atoms with van der Waals surface area (Å²) in [6.45, 7) is 3.34. The third kappa shape index (κ3) is 5.22. The van der Waals surface area contributed by atoms with Crippen LogP contribution in [0.25, 0.3) is 28.1 Å². The molecule has 12 heteroatoms. The number of alkyl halides is 3. The number of aromatic nitrogens is 4. The quantitative estimate of drug-likeness (QED) is 0.374. The molecule has 3 N–H and O–H groups in total. The highest BCUT2D eigenvalue weighted by Crippen LogP contribution is 2.39. The molecule has 0 radical (unpaired) electrons. The maximum absolute atomic E-state index is 14.5. The molecule has 1 saturated heterocycles. The van der Waals surface area contributed by atoms with Crippen molar-refractivity contribution in [3.63, 3.8) is 0 Å². The van der Waals surface area contributed by atoms with E-state index >= 15 is 0 Å². The molecule has 0 spiro atoms. The first-order chi connectivity index (χ1) is 17.4. The minimum Gasteiger partial charge on any atom is -0.487 e. The molecule has 5 rings (SSSR count). The van der Waals surface area contributed by atoms with Gasteiger partial charge in [0.05, 0.1) is 11.1 Å². The predicted octanol–water partition coefficient (Wildman–Crippen LogP) is 3.87. The summed E-state index contributed by atoms with van der Waals surface area (Å²) < 4.78 is 63.7. The Labute approximate surface area is 209 Å². The molecule has 37 heavy (non-hydrogen) atoms. The second-order valence-electron chi connectivity index (χ2n) is 9.98. The molecule has 8 nitrogen and oxygen atoms in total. The van der Waals surface area contributed by atoms with Crippen molar-refractivity contribution in [1.82, 2.24) is 24.5 Å². The van der Waals surface area contributed by atoms with E-state index in [1.54, 1.807) is 12.1 Å². The lowest BCUT2D eigenvalue weighted by atomic mass is 10.1. The molecule has 0 saturated carbocycles. The fourth-order valence-electron chi connectivity index (χ4n) is 4.51. The van der Waals surface area contributed by atoms with Gasteiger partial charge in [0.1, 0.15) is 18.3 Å². The van der Waals surface area contributed by atoms with Gasteiger partial charge in [-0.15, -0.1) is 10.2 Å². The highest BCUT2D eigenvalue weighted by molar-refractivity contribution is 5.82. The number of pyridine rings is 2. The zero-order chi connectivity index (χ0) is 26.5. The van der Waals surface area contributed by atoms with E-state index in [0.717, 1.165) is 0 Å². The maximum Gasteiger partial charge on any atom is 0.408 e. The van der Waals surface area contributed by atoms with Crippen LogP contribution in [-0.2, 0) is 0 Å². The average Bonchev–Trinajstić information content (AvgIpc) is 3.42. The molecule has 4 heterocycles.